The maximum absolute atomic E-state index is 13.7. The Labute approximate surface area is 120 Å². The van der Waals surface area contributed by atoms with Gasteiger partial charge in [0.25, 0.3) is 0 Å². The fourth-order valence-electron chi connectivity index (χ4n) is 2.81. The molecule has 1 aliphatic carbocycles. The molecular formula is C13H15ClF3NO2. The first-order valence-corrected chi connectivity index (χ1v) is 6.20. The van der Waals surface area contributed by atoms with E-state index < -0.39 is 18.2 Å². The summed E-state index contributed by atoms with van der Waals surface area (Å²) in [6.07, 6.45) is 0.606. The van der Waals surface area contributed by atoms with Crippen LogP contribution in [0.5, 0.6) is 5.75 Å². The number of rotatable bonds is 2. The molecular weight excluding hydrogens is 295 g/mol. The molecule has 20 heavy (non-hydrogen) atoms. The van der Waals surface area contributed by atoms with Gasteiger partial charge in [-0.1, -0.05) is 0 Å². The first-order valence-electron chi connectivity index (χ1n) is 6.20. The van der Waals surface area contributed by atoms with Gasteiger partial charge in [-0.3, -0.25) is 0 Å². The molecule has 1 aromatic carbocycles. The minimum absolute atomic E-state index is 0. The largest absolute Gasteiger partial charge is 0.432 e. The topological polar surface area (TPSA) is 30.5 Å². The average Bonchev–Trinajstić information content (AvgIpc) is 2.65. The number of nitrogens with one attached hydrogen (secondary N) is 1. The quantitative estimate of drug-likeness (QED) is 0.911. The van der Waals surface area contributed by atoms with Crippen LogP contribution in [0, 0.1) is 5.82 Å². The number of ether oxygens (including phenoxy) is 2. The molecule has 3 nitrogen and oxygen atoms in total. The zero-order chi connectivity index (χ0) is 13.6. The number of alkyl halides is 2. The smallest absolute Gasteiger partial charge is 0.387 e. The molecule has 112 valence electrons. The third kappa shape index (κ3) is 2.73. The van der Waals surface area contributed by atoms with E-state index in [0.29, 0.717) is 13.0 Å². The van der Waals surface area contributed by atoms with E-state index in [0.717, 1.165) is 11.1 Å². The van der Waals surface area contributed by atoms with Gasteiger partial charge in [-0.25, -0.2) is 4.39 Å². The highest BCUT2D eigenvalue weighted by Crippen LogP contribution is 2.39. The van der Waals surface area contributed by atoms with Crippen molar-refractivity contribution in [3.8, 4) is 5.75 Å². The number of hydrogen-bond acceptors (Lipinski definition) is 3. The Hall–Kier alpha value is -0.980. The van der Waals surface area contributed by atoms with Crippen LogP contribution < -0.4 is 10.1 Å². The van der Waals surface area contributed by atoms with Crippen LogP contribution in [0.15, 0.2) is 12.1 Å². The SMILES string of the molecule is C[C@H]1CN[C@H]2c3cc(F)c(OC(F)F)cc3C[C@H]2O1.Cl. The lowest BCUT2D eigenvalue weighted by Crippen LogP contribution is -2.44. The zero-order valence-electron chi connectivity index (χ0n) is 10.7. The molecule has 0 spiro atoms. The molecule has 1 N–H and O–H groups in total. The molecule has 1 saturated heterocycles. The van der Waals surface area contributed by atoms with E-state index in [1.54, 1.807) is 0 Å². The second-order valence-corrected chi connectivity index (χ2v) is 4.94. The molecule has 0 aromatic heterocycles. The van der Waals surface area contributed by atoms with Crippen LogP contribution in [0.2, 0.25) is 0 Å². The second kappa shape index (κ2) is 5.79. The first kappa shape index (κ1) is 15.4. The minimum atomic E-state index is -3.02. The van der Waals surface area contributed by atoms with Gasteiger partial charge in [0, 0.05) is 13.0 Å². The predicted octanol–water partition coefficient (Wildman–Crippen LogP) is 2.82. The molecule has 1 fully saturated rings. The summed E-state index contributed by atoms with van der Waals surface area (Å²) < 4.78 is 48.0. The number of hydrogen-bond donors (Lipinski definition) is 1. The molecule has 0 amide bonds. The highest BCUT2D eigenvalue weighted by molar-refractivity contribution is 5.85. The molecule has 0 unspecified atom stereocenters. The number of halogens is 4. The molecule has 1 aromatic rings. The van der Waals surface area contributed by atoms with Crippen molar-refractivity contribution in [3.63, 3.8) is 0 Å². The summed E-state index contributed by atoms with van der Waals surface area (Å²) in [5, 5.41) is 3.29. The lowest BCUT2D eigenvalue weighted by molar-refractivity contribution is -0.0522. The minimum Gasteiger partial charge on any atom is -0.432 e. The van der Waals surface area contributed by atoms with Gasteiger partial charge in [0.1, 0.15) is 0 Å². The van der Waals surface area contributed by atoms with E-state index in [9.17, 15) is 13.2 Å². The van der Waals surface area contributed by atoms with Gasteiger partial charge >= 0.3 is 6.61 Å². The van der Waals surface area contributed by atoms with Gasteiger partial charge in [-0.05, 0) is 30.2 Å². The van der Waals surface area contributed by atoms with Gasteiger partial charge in [0.15, 0.2) is 11.6 Å². The Bertz CT molecular complexity index is 501. The van der Waals surface area contributed by atoms with Gasteiger partial charge in [-0.15, -0.1) is 12.4 Å². The van der Waals surface area contributed by atoms with Crippen LogP contribution in [-0.4, -0.2) is 25.4 Å². The summed E-state index contributed by atoms with van der Waals surface area (Å²) in [5.41, 5.74) is 1.57. The monoisotopic (exact) mass is 309 g/mol. The Morgan fingerprint density at radius 2 is 2.15 bits per heavy atom. The van der Waals surface area contributed by atoms with Crippen LogP contribution in [0.25, 0.3) is 0 Å². The first-order chi connectivity index (χ1) is 9.04. The highest BCUT2D eigenvalue weighted by atomic mass is 35.5. The normalized spacial score (nSPS) is 27.8. The molecule has 7 heteroatoms. The van der Waals surface area contributed by atoms with Crippen molar-refractivity contribution in [2.75, 3.05) is 6.54 Å². The summed E-state index contributed by atoms with van der Waals surface area (Å²) in [6.45, 7) is -0.374. The third-order valence-corrected chi connectivity index (χ3v) is 3.57. The summed E-state index contributed by atoms with van der Waals surface area (Å²) in [7, 11) is 0. The van der Waals surface area contributed by atoms with Crippen LogP contribution in [0.4, 0.5) is 13.2 Å². The highest BCUT2D eigenvalue weighted by Gasteiger charge is 2.38. The molecule has 3 rings (SSSR count). The lowest BCUT2D eigenvalue weighted by Gasteiger charge is -2.32. The average molecular weight is 310 g/mol. The fourth-order valence-corrected chi connectivity index (χ4v) is 2.81. The standard InChI is InChI=1S/C13H14F3NO2.ClH/c1-6-5-17-12-8-4-9(14)10(19-13(15)16)2-7(8)3-11(12)18-6;/h2,4,6,11-13,17H,3,5H2,1H3;1H/t6-,11+,12-;/m0./s1. The third-order valence-electron chi connectivity index (χ3n) is 3.57. The van der Waals surface area contributed by atoms with Crippen LogP contribution in [0.3, 0.4) is 0 Å². The van der Waals surface area contributed by atoms with E-state index in [2.05, 4.69) is 10.1 Å². The summed E-state index contributed by atoms with van der Waals surface area (Å²) >= 11 is 0. The maximum Gasteiger partial charge on any atom is 0.387 e. The molecule has 0 saturated carbocycles. The Morgan fingerprint density at radius 3 is 2.85 bits per heavy atom. The van der Waals surface area contributed by atoms with E-state index in [1.807, 2.05) is 6.92 Å². The summed E-state index contributed by atoms with van der Waals surface area (Å²) in [5.74, 6) is -1.17. The fraction of sp³-hybridized carbons (Fsp3) is 0.538. The lowest BCUT2D eigenvalue weighted by atomic mass is 10.1. The van der Waals surface area contributed by atoms with Crippen molar-refractivity contribution in [2.24, 2.45) is 0 Å². The van der Waals surface area contributed by atoms with Crippen molar-refractivity contribution in [3.05, 3.63) is 29.1 Å². The summed E-state index contributed by atoms with van der Waals surface area (Å²) in [6, 6.07) is 2.55. The van der Waals surface area contributed by atoms with Crippen molar-refractivity contribution in [1.29, 1.82) is 0 Å². The van der Waals surface area contributed by atoms with E-state index in [-0.39, 0.29) is 30.7 Å². The predicted molar refractivity (Wildman–Crippen MR) is 69.1 cm³/mol. The molecule has 1 heterocycles. The Morgan fingerprint density at radius 1 is 1.40 bits per heavy atom. The van der Waals surface area contributed by atoms with Crippen molar-refractivity contribution >= 4 is 12.4 Å². The van der Waals surface area contributed by atoms with E-state index in [1.165, 1.54) is 12.1 Å². The van der Waals surface area contributed by atoms with E-state index >= 15 is 0 Å². The number of fused-ring (bicyclic) bond motifs is 3. The Balaban J connectivity index is 0.00000147. The van der Waals surface area contributed by atoms with Gasteiger partial charge < -0.3 is 14.8 Å². The van der Waals surface area contributed by atoms with Gasteiger partial charge in [0.05, 0.1) is 18.2 Å². The van der Waals surface area contributed by atoms with Crippen molar-refractivity contribution in [2.45, 2.75) is 38.2 Å². The van der Waals surface area contributed by atoms with Crippen LogP contribution >= 0.6 is 12.4 Å². The van der Waals surface area contributed by atoms with Crippen LogP contribution in [-0.2, 0) is 11.2 Å². The van der Waals surface area contributed by atoms with Crippen LogP contribution in [0.1, 0.15) is 24.1 Å². The maximum atomic E-state index is 13.7. The second-order valence-electron chi connectivity index (χ2n) is 4.94. The van der Waals surface area contributed by atoms with Crippen molar-refractivity contribution < 1.29 is 22.6 Å². The van der Waals surface area contributed by atoms with E-state index in [4.69, 9.17) is 4.74 Å². The molecule has 0 bridgehead atoms. The van der Waals surface area contributed by atoms with Gasteiger partial charge in [-0.2, -0.15) is 8.78 Å². The Kier molecular flexibility index (Phi) is 4.46. The number of benzene rings is 1. The molecule has 0 radical (unpaired) electrons. The summed E-state index contributed by atoms with van der Waals surface area (Å²) in [4.78, 5) is 0. The molecule has 1 aliphatic heterocycles. The molecule has 2 aliphatic rings. The molecule has 3 atom stereocenters. The number of morpholine rings is 1. The zero-order valence-corrected chi connectivity index (χ0v) is 11.6. The van der Waals surface area contributed by atoms with Crippen molar-refractivity contribution in [1.82, 2.24) is 5.32 Å². The van der Waals surface area contributed by atoms with Gasteiger partial charge in [0.2, 0.25) is 0 Å².